The monoisotopic (exact) mass is 337 g/mol. The zero-order valence-electron chi connectivity index (χ0n) is 14.0. The second kappa shape index (κ2) is 8.10. The zero-order valence-corrected chi connectivity index (χ0v) is 14.0. The number of hydrogen-bond donors (Lipinski definition) is 2. The van der Waals surface area contributed by atoms with E-state index in [1.165, 1.54) is 4.90 Å². The number of nitrogens with one attached hydrogen (secondary N) is 1. The summed E-state index contributed by atoms with van der Waals surface area (Å²) in [5, 5.41) is 2.71. The molecule has 0 saturated carbocycles. The maximum absolute atomic E-state index is 13.4. The Kier molecular flexibility index (Phi) is 6.14. The average Bonchev–Trinajstić information content (AvgIpc) is 2.86. The van der Waals surface area contributed by atoms with Crippen molar-refractivity contribution >= 4 is 11.8 Å². The van der Waals surface area contributed by atoms with Crippen LogP contribution in [0.25, 0.3) is 0 Å². The summed E-state index contributed by atoms with van der Waals surface area (Å²) in [5.41, 5.74) is 7.32. The Morgan fingerprint density at radius 2 is 2.04 bits per heavy atom. The van der Waals surface area contributed by atoms with Gasteiger partial charge in [0.05, 0.1) is 19.1 Å². The van der Waals surface area contributed by atoms with Crippen LogP contribution in [-0.4, -0.2) is 55.2 Å². The van der Waals surface area contributed by atoms with Crippen molar-refractivity contribution in [3.05, 3.63) is 29.3 Å². The SMILES string of the molecule is Cc1cccc(C)c1OCCNC(=O)CN1C[C@H](F)C[C@H]1C(N)=O. The molecule has 1 aliphatic rings. The van der Waals surface area contributed by atoms with Crippen LogP contribution in [0.2, 0.25) is 0 Å². The highest BCUT2D eigenvalue weighted by molar-refractivity contribution is 5.82. The number of carbonyl (C=O) groups excluding carboxylic acids is 2. The Morgan fingerprint density at radius 3 is 2.67 bits per heavy atom. The van der Waals surface area contributed by atoms with Gasteiger partial charge in [-0.25, -0.2) is 4.39 Å². The van der Waals surface area contributed by atoms with Crippen LogP contribution in [0.15, 0.2) is 18.2 Å². The van der Waals surface area contributed by atoms with Gasteiger partial charge in [-0.2, -0.15) is 0 Å². The fourth-order valence-corrected chi connectivity index (χ4v) is 2.93. The Hall–Kier alpha value is -2.15. The first-order valence-corrected chi connectivity index (χ1v) is 8.01. The maximum Gasteiger partial charge on any atom is 0.234 e. The normalized spacial score (nSPS) is 20.8. The first-order chi connectivity index (χ1) is 11.4. The molecule has 7 heteroatoms. The van der Waals surface area contributed by atoms with E-state index in [1.807, 2.05) is 32.0 Å². The molecule has 0 aliphatic carbocycles. The average molecular weight is 337 g/mol. The van der Waals surface area contributed by atoms with E-state index in [0.717, 1.165) is 16.9 Å². The van der Waals surface area contributed by atoms with Gasteiger partial charge in [0, 0.05) is 13.0 Å². The lowest BCUT2D eigenvalue weighted by atomic mass is 10.1. The van der Waals surface area contributed by atoms with Crippen molar-refractivity contribution in [3.63, 3.8) is 0 Å². The topological polar surface area (TPSA) is 84.7 Å². The van der Waals surface area contributed by atoms with Gasteiger partial charge in [-0.05, 0) is 25.0 Å². The van der Waals surface area contributed by atoms with Crippen molar-refractivity contribution in [3.8, 4) is 5.75 Å². The molecule has 1 aliphatic heterocycles. The predicted molar refractivity (Wildman–Crippen MR) is 88.5 cm³/mol. The van der Waals surface area contributed by atoms with Crippen molar-refractivity contribution in [2.24, 2.45) is 5.73 Å². The molecule has 2 atom stereocenters. The molecule has 3 N–H and O–H groups in total. The summed E-state index contributed by atoms with van der Waals surface area (Å²) in [4.78, 5) is 24.7. The van der Waals surface area contributed by atoms with Crippen LogP contribution in [0.1, 0.15) is 17.5 Å². The lowest BCUT2D eigenvalue weighted by Crippen LogP contribution is -2.45. The van der Waals surface area contributed by atoms with Gasteiger partial charge in [0.1, 0.15) is 18.5 Å². The van der Waals surface area contributed by atoms with Gasteiger partial charge < -0.3 is 15.8 Å². The molecular weight excluding hydrogens is 313 g/mol. The molecule has 1 heterocycles. The van der Waals surface area contributed by atoms with Gasteiger partial charge in [-0.15, -0.1) is 0 Å². The van der Waals surface area contributed by atoms with E-state index < -0.39 is 18.1 Å². The summed E-state index contributed by atoms with van der Waals surface area (Å²) in [6, 6.07) is 5.18. The number of nitrogens with zero attached hydrogens (tertiary/aromatic N) is 1. The number of ether oxygens (including phenoxy) is 1. The molecule has 6 nitrogen and oxygen atoms in total. The Morgan fingerprint density at radius 1 is 1.38 bits per heavy atom. The van der Waals surface area contributed by atoms with Crippen LogP contribution < -0.4 is 15.8 Å². The minimum atomic E-state index is -1.12. The molecule has 2 amide bonds. The third-order valence-corrected chi connectivity index (χ3v) is 4.11. The standard InChI is InChI=1S/C17H24FN3O3/c1-11-4-3-5-12(2)16(11)24-7-6-20-15(22)10-21-9-13(18)8-14(21)17(19)23/h3-5,13-14H,6-10H2,1-2H3,(H2,19,23)(H,20,22)/t13-,14+/m1/s1. The van der Waals surface area contributed by atoms with Crippen molar-refractivity contribution in [1.29, 1.82) is 0 Å². The molecule has 1 aromatic carbocycles. The van der Waals surface area contributed by atoms with Gasteiger partial charge in [0.25, 0.3) is 0 Å². The van der Waals surface area contributed by atoms with Crippen molar-refractivity contribution in [1.82, 2.24) is 10.2 Å². The van der Waals surface area contributed by atoms with Gasteiger partial charge in [0.2, 0.25) is 11.8 Å². The number of nitrogens with two attached hydrogens (primary N) is 1. The largest absolute Gasteiger partial charge is 0.491 e. The molecule has 2 rings (SSSR count). The van der Waals surface area contributed by atoms with Crippen LogP contribution in [0, 0.1) is 13.8 Å². The summed E-state index contributed by atoms with van der Waals surface area (Å²) < 4.78 is 19.1. The number of benzene rings is 1. The number of likely N-dealkylation sites (tertiary alicyclic amines) is 1. The van der Waals surface area contributed by atoms with E-state index in [0.29, 0.717) is 13.2 Å². The van der Waals surface area contributed by atoms with Crippen molar-refractivity contribution < 1.29 is 18.7 Å². The third kappa shape index (κ3) is 4.67. The Bertz CT molecular complexity index is 588. The number of rotatable bonds is 7. The highest BCUT2D eigenvalue weighted by Gasteiger charge is 2.36. The van der Waals surface area contributed by atoms with Gasteiger partial charge in [-0.1, -0.05) is 18.2 Å². The Labute approximate surface area is 141 Å². The maximum atomic E-state index is 13.4. The lowest BCUT2D eigenvalue weighted by molar-refractivity contribution is -0.125. The minimum absolute atomic E-state index is 0.0442. The fraction of sp³-hybridized carbons (Fsp3) is 0.529. The number of primary amides is 1. The fourth-order valence-electron chi connectivity index (χ4n) is 2.93. The number of para-hydroxylation sites is 1. The molecule has 1 aromatic rings. The summed E-state index contributed by atoms with van der Waals surface area (Å²) >= 11 is 0. The van der Waals surface area contributed by atoms with Crippen LogP contribution in [-0.2, 0) is 9.59 Å². The van der Waals surface area contributed by atoms with Crippen molar-refractivity contribution in [2.75, 3.05) is 26.2 Å². The van der Waals surface area contributed by atoms with Gasteiger partial charge in [-0.3, -0.25) is 14.5 Å². The van der Waals surface area contributed by atoms with Crippen LogP contribution in [0.4, 0.5) is 4.39 Å². The highest BCUT2D eigenvalue weighted by atomic mass is 19.1. The molecule has 0 spiro atoms. The molecule has 132 valence electrons. The quantitative estimate of drug-likeness (QED) is 0.717. The number of aryl methyl sites for hydroxylation is 2. The van der Waals surface area contributed by atoms with Gasteiger partial charge in [0.15, 0.2) is 0 Å². The number of carbonyl (C=O) groups is 2. The predicted octanol–water partition coefficient (Wildman–Crippen LogP) is 0.696. The molecule has 1 fully saturated rings. The van der Waals surface area contributed by atoms with E-state index in [1.54, 1.807) is 0 Å². The molecule has 0 radical (unpaired) electrons. The second-order valence-electron chi connectivity index (χ2n) is 6.10. The van der Waals surface area contributed by atoms with E-state index in [2.05, 4.69) is 5.32 Å². The van der Waals surface area contributed by atoms with E-state index in [9.17, 15) is 14.0 Å². The van der Waals surface area contributed by atoms with Crippen LogP contribution in [0.3, 0.4) is 0 Å². The summed E-state index contributed by atoms with van der Waals surface area (Å²) in [6.07, 6.45) is -1.07. The van der Waals surface area contributed by atoms with E-state index >= 15 is 0 Å². The van der Waals surface area contributed by atoms with E-state index in [-0.39, 0.29) is 25.4 Å². The van der Waals surface area contributed by atoms with E-state index in [4.69, 9.17) is 10.5 Å². The molecule has 0 bridgehead atoms. The van der Waals surface area contributed by atoms with Crippen LogP contribution in [0.5, 0.6) is 5.75 Å². The zero-order chi connectivity index (χ0) is 17.7. The first kappa shape index (κ1) is 18.2. The third-order valence-electron chi connectivity index (χ3n) is 4.11. The van der Waals surface area contributed by atoms with Gasteiger partial charge >= 0.3 is 0 Å². The Balaban J connectivity index is 1.75. The number of hydrogen-bond acceptors (Lipinski definition) is 4. The molecule has 1 saturated heterocycles. The smallest absolute Gasteiger partial charge is 0.234 e. The summed E-state index contributed by atoms with van der Waals surface area (Å²) in [7, 11) is 0. The van der Waals surface area contributed by atoms with Crippen LogP contribution >= 0.6 is 0 Å². The van der Waals surface area contributed by atoms with Crippen molar-refractivity contribution in [2.45, 2.75) is 32.5 Å². The number of alkyl halides is 1. The number of amides is 2. The molecular formula is C17H24FN3O3. The second-order valence-corrected chi connectivity index (χ2v) is 6.10. The first-order valence-electron chi connectivity index (χ1n) is 8.01. The number of halogens is 1. The summed E-state index contributed by atoms with van der Waals surface area (Å²) in [6.45, 7) is 4.61. The molecule has 24 heavy (non-hydrogen) atoms. The highest BCUT2D eigenvalue weighted by Crippen LogP contribution is 2.22. The lowest BCUT2D eigenvalue weighted by Gasteiger charge is -2.20. The molecule has 0 aromatic heterocycles. The summed E-state index contributed by atoms with van der Waals surface area (Å²) in [5.74, 6) is -0.0536. The minimum Gasteiger partial charge on any atom is -0.491 e. The molecule has 0 unspecified atom stereocenters.